The zero-order valence-corrected chi connectivity index (χ0v) is 13.9. The van der Waals surface area contributed by atoms with Crippen LogP contribution in [-0.4, -0.2) is 54.6 Å². The predicted octanol–water partition coefficient (Wildman–Crippen LogP) is 2.39. The van der Waals surface area contributed by atoms with Crippen LogP contribution < -0.4 is 10.2 Å². The molecule has 2 rings (SSSR count). The Bertz CT molecular complexity index is 446. The molecule has 0 spiro atoms. The normalized spacial score (nSPS) is 19.1. The molecule has 1 N–H and O–H groups in total. The van der Waals surface area contributed by atoms with Crippen molar-refractivity contribution in [2.75, 3.05) is 43.9 Å². The predicted molar refractivity (Wildman–Crippen MR) is 89.1 cm³/mol. The van der Waals surface area contributed by atoms with Gasteiger partial charge in [-0.15, -0.1) is 0 Å². The summed E-state index contributed by atoms with van der Waals surface area (Å²) < 4.78 is 0. The van der Waals surface area contributed by atoms with E-state index in [0.717, 1.165) is 49.9 Å². The van der Waals surface area contributed by atoms with E-state index in [9.17, 15) is 0 Å². The highest BCUT2D eigenvalue weighted by Gasteiger charge is 2.23. The van der Waals surface area contributed by atoms with Crippen molar-refractivity contribution in [3.8, 4) is 0 Å². The maximum absolute atomic E-state index is 4.73. The van der Waals surface area contributed by atoms with E-state index >= 15 is 0 Å². The molecule has 1 aromatic rings. The number of hydrogen-bond acceptors (Lipinski definition) is 5. The first-order valence-electron chi connectivity index (χ1n) is 8.17. The third-order valence-corrected chi connectivity index (χ3v) is 4.08. The Morgan fingerprint density at radius 3 is 2.81 bits per heavy atom. The Balaban J connectivity index is 2.17. The lowest BCUT2D eigenvalue weighted by Gasteiger charge is -2.37. The maximum Gasteiger partial charge on any atom is 0.134 e. The fourth-order valence-corrected chi connectivity index (χ4v) is 2.73. The quantitative estimate of drug-likeness (QED) is 0.872. The van der Waals surface area contributed by atoms with Crippen molar-refractivity contribution >= 4 is 11.6 Å². The number of likely N-dealkylation sites (N-methyl/N-ethyl adjacent to an activating group) is 1. The molecule has 1 saturated heterocycles. The third-order valence-electron chi connectivity index (χ3n) is 4.08. The molecule has 5 nitrogen and oxygen atoms in total. The lowest BCUT2D eigenvalue weighted by Crippen LogP contribution is -2.45. The summed E-state index contributed by atoms with van der Waals surface area (Å²) in [5.74, 6) is 2.97. The third kappa shape index (κ3) is 4.30. The van der Waals surface area contributed by atoms with Gasteiger partial charge in [0.15, 0.2) is 0 Å². The zero-order valence-electron chi connectivity index (χ0n) is 13.9. The second-order valence-electron chi connectivity index (χ2n) is 6.01. The van der Waals surface area contributed by atoms with Crippen LogP contribution in [0.1, 0.15) is 38.9 Å². The number of piperidine rings is 1. The molecule has 0 amide bonds. The molecular formula is C16H29N5. The van der Waals surface area contributed by atoms with Crippen LogP contribution in [0, 0.1) is 0 Å². The number of nitrogens with one attached hydrogen (secondary N) is 1. The Hall–Kier alpha value is -1.36. The molecule has 0 aromatic carbocycles. The van der Waals surface area contributed by atoms with Gasteiger partial charge in [0.05, 0.1) is 0 Å². The molecule has 1 aromatic heterocycles. The van der Waals surface area contributed by atoms with E-state index in [1.165, 1.54) is 12.8 Å². The van der Waals surface area contributed by atoms with Crippen LogP contribution >= 0.6 is 0 Å². The molecule has 2 heterocycles. The van der Waals surface area contributed by atoms with Gasteiger partial charge in [-0.05, 0) is 33.4 Å². The topological polar surface area (TPSA) is 44.3 Å². The Morgan fingerprint density at radius 2 is 2.14 bits per heavy atom. The summed E-state index contributed by atoms with van der Waals surface area (Å²) >= 11 is 0. The molecule has 1 fully saturated rings. The van der Waals surface area contributed by atoms with Gasteiger partial charge in [0.25, 0.3) is 0 Å². The van der Waals surface area contributed by atoms with Crippen LogP contribution in [0.4, 0.5) is 11.6 Å². The minimum Gasteiger partial charge on any atom is -0.370 e. The summed E-state index contributed by atoms with van der Waals surface area (Å²) in [6, 6.07) is 2.72. The molecule has 0 radical (unpaired) electrons. The second kappa shape index (κ2) is 7.59. The summed E-state index contributed by atoms with van der Waals surface area (Å²) in [4.78, 5) is 14.0. The molecule has 0 saturated carbocycles. The fraction of sp³-hybridized carbons (Fsp3) is 0.750. The number of hydrogen-bond donors (Lipinski definition) is 1. The van der Waals surface area contributed by atoms with E-state index in [0.29, 0.717) is 6.04 Å². The van der Waals surface area contributed by atoms with Gasteiger partial charge in [-0.1, -0.05) is 13.8 Å². The molecule has 1 unspecified atom stereocenters. The van der Waals surface area contributed by atoms with Crippen molar-refractivity contribution in [3.05, 3.63) is 11.9 Å². The van der Waals surface area contributed by atoms with Crippen molar-refractivity contribution in [1.82, 2.24) is 14.9 Å². The minimum atomic E-state index is 0.617. The molecule has 0 bridgehead atoms. The lowest BCUT2D eigenvalue weighted by molar-refractivity contribution is 0.257. The van der Waals surface area contributed by atoms with Gasteiger partial charge in [-0.25, -0.2) is 9.97 Å². The zero-order chi connectivity index (χ0) is 15.2. The van der Waals surface area contributed by atoms with Crippen LogP contribution in [0.25, 0.3) is 0 Å². The smallest absolute Gasteiger partial charge is 0.134 e. The molecule has 1 aliphatic rings. The second-order valence-corrected chi connectivity index (χ2v) is 6.01. The van der Waals surface area contributed by atoms with Crippen LogP contribution in [0.5, 0.6) is 0 Å². The molecule has 1 atom stereocenters. The Labute approximate surface area is 128 Å². The number of anilines is 2. The highest BCUT2D eigenvalue weighted by atomic mass is 15.3. The van der Waals surface area contributed by atoms with Gasteiger partial charge in [0.2, 0.25) is 0 Å². The highest BCUT2D eigenvalue weighted by Crippen LogP contribution is 2.22. The van der Waals surface area contributed by atoms with E-state index in [1.54, 1.807) is 0 Å². The van der Waals surface area contributed by atoms with Crippen LogP contribution in [0.2, 0.25) is 0 Å². The number of aryl methyl sites for hydroxylation is 1. The summed E-state index contributed by atoms with van der Waals surface area (Å²) in [7, 11) is 4.33. The lowest BCUT2D eigenvalue weighted by atomic mass is 10.1. The monoisotopic (exact) mass is 291 g/mol. The van der Waals surface area contributed by atoms with Crippen molar-refractivity contribution < 1.29 is 0 Å². The molecule has 0 aliphatic carbocycles. The molecule has 118 valence electrons. The number of nitrogens with zero attached hydrogens (tertiary/aromatic N) is 4. The molecule has 21 heavy (non-hydrogen) atoms. The standard InChI is InChI=1S/C16H29N5/c1-5-9-17-15-11-16(19-14(6-2)18-15)21-10-7-8-13(12-21)20(3)4/h11,13H,5-10,12H2,1-4H3,(H,17,18,19). The van der Waals surface area contributed by atoms with Gasteiger partial charge in [0.1, 0.15) is 17.5 Å². The first-order chi connectivity index (χ1) is 10.1. The van der Waals surface area contributed by atoms with Gasteiger partial charge < -0.3 is 15.1 Å². The van der Waals surface area contributed by atoms with E-state index in [2.05, 4.69) is 54.1 Å². The number of aromatic nitrogens is 2. The maximum atomic E-state index is 4.73. The summed E-state index contributed by atoms with van der Waals surface area (Å²) in [5, 5.41) is 3.39. The minimum absolute atomic E-state index is 0.617. The molecule has 5 heteroatoms. The largest absolute Gasteiger partial charge is 0.370 e. The average molecular weight is 291 g/mol. The van der Waals surface area contributed by atoms with Gasteiger partial charge >= 0.3 is 0 Å². The van der Waals surface area contributed by atoms with Crippen molar-refractivity contribution in [2.45, 2.75) is 45.6 Å². The van der Waals surface area contributed by atoms with Gasteiger partial charge in [-0.3, -0.25) is 0 Å². The highest BCUT2D eigenvalue weighted by molar-refractivity contribution is 5.50. The summed E-state index contributed by atoms with van der Waals surface area (Å²) in [5.41, 5.74) is 0. The van der Waals surface area contributed by atoms with E-state index in [1.807, 2.05) is 0 Å². The van der Waals surface area contributed by atoms with Crippen LogP contribution in [0.15, 0.2) is 6.07 Å². The Morgan fingerprint density at radius 1 is 1.33 bits per heavy atom. The Kier molecular flexibility index (Phi) is 5.79. The first-order valence-corrected chi connectivity index (χ1v) is 8.17. The van der Waals surface area contributed by atoms with E-state index < -0.39 is 0 Å². The SMILES string of the molecule is CCCNc1cc(N2CCCC(N(C)C)C2)nc(CC)n1. The molecule has 1 aliphatic heterocycles. The van der Waals surface area contributed by atoms with Crippen LogP contribution in [0.3, 0.4) is 0 Å². The van der Waals surface area contributed by atoms with Crippen LogP contribution in [-0.2, 0) is 6.42 Å². The fourth-order valence-electron chi connectivity index (χ4n) is 2.73. The summed E-state index contributed by atoms with van der Waals surface area (Å²) in [6.45, 7) is 7.39. The molecular weight excluding hydrogens is 262 g/mol. The van der Waals surface area contributed by atoms with E-state index in [-0.39, 0.29) is 0 Å². The van der Waals surface area contributed by atoms with E-state index in [4.69, 9.17) is 4.98 Å². The summed E-state index contributed by atoms with van der Waals surface area (Å²) in [6.07, 6.45) is 4.48. The van der Waals surface area contributed by atoms with Crippen molar-refractivity contribution in [1.29, 1.82) is 0 Å². The van der Waals surface area contributed by atoms with Crippen molar-refractivity contribution in [2.24, 2.45) is 0 Å². The first kappa shape index (κ1) is 16.0. The van der Waals surface area contributed by atoms with Crippen molar-refractivity contribution in [3.63, 3.8) is 0 Å². The number of rotatable bonds is 6. The van der Waals surface area contributed by atoms with Gasteiger partial charge in [-0.2, -0.15) is 0 Å². The van der Waals surface area contributed by atoms with Gasteiger partial charge in [0, 0.05) is 38.2 Å². The average Bonchev–Trinajstić information content (AvgIpc) is 2.52.